The summed E-state index contributed by atoms with van der Waals surface area (Å²) in [5.41, 5.74) is 2.02. The van der Waals surface area contributed by atoms with Gasteiger partial charge in [0.15, 0.2) is 6.17 Å². The molecule has 0 bridgehead atoms. The lowest BCUT2D eigenvalue weighted by Crippen LogP contribution is -2.37. The lowest BCUT2D eigenvalue weighted by Gasteiger charge is -2.21. The van der Waals surface area contributed by atoms with Crippen molar-refractivity contribution >= 4 is 27.7 Å². The standard InChI is InChI=1S/C19H20BrFO3S/c20-19(22)18(21)17(24-12-15-9-5-2-6-10-15)16(25-19)13-23-11-14-7-3-1-4-8-14/h1-10,16-18,22H,11-13H2/t16-,17-,18+,19?/m1/s1. The van der Waals surface area contributed by atoms with E-state index < -0.39 is 16.1 Å². The van der Waals surface area contributed by atoms with Crippen LogP contribution in [0.1, 0.15) is 11.1 Å². The molecule has 2 aromatic carbocycles. The summed E-state index contributed by atoms with van der Waals surface area (Å²) in [5, 5.41) is 9.89. The van der Waals surface area contributed by atoms with Crippen molar-refractivity contribution in [1.29, 1.82) is 0 Å². The summed E-state index contributed by atoms with van der Waals surface area (Å²) in [5.74, 6) is 0. The maximum absolute atomic E-state index is 14.6. The van der Waals surface area contributed by atoms with Crippen LogP contribution in [0.3, 0.4) is 0 Å². The van der Waals surface area contributed by atoms with Gasteiger partial charge in [-0.3, -0.25) is 0 Å². The third-order valence-corrected chi connectivity index (χ3v) is 6.25. The maximum atomic E-state index is 14.6. The Bertz CT molecular complexity index is 656. The zero-order valence-corrected chi connectivity index (χ0v) is 16.0. The second-order valence-corrected chi connectivity index (χ2v) is 9.13. The Morgan fingerprint density at radius 2 is 1.56 bits per heavy atom. The smallest absolute Gasteiger partial charge is 0.201 e. The summed E-state index contributed by atoms with van der Waals surface area (Å²) in [7, 11) is 0. The SMILES string of the molecule is OC1(Br)S[C@H](COCc2ccccc2)[C@@H](OCc2ccccc2)[C@@H]1F. The van der Waals surface area contributed by atoms with Crippen LogP contribution in [0.4, 0.5) is 4.39 Å². The molecule has 0 saturated carbocycles. The van der Waals surface area contributed by atoms with Gasteiger partial charge in [-0.05, 0) is 27.1 Å². The molecule has 1 aliphatic heterocycles. The molecule has 6 heteroatoms. The number of ether oxygens (including phenoxy) is 2. The van der Waals surface area contributed by atoms with Crippen molar-refractivity contribution in [3.63, 3.8) is 0 Å². The van der Waals surface area contributed by atoms with Gasteiger partial charge in [0.25, 0.3) is 0 Å². The largest absolute Gasteiger partial charge is 0.376 e. The number of halogens is 2. The highest BCUT2D eigenvalue weighted by atomic mass is 79.9. The second kappa shape index (κ2) is 8.64. The summed E-state index contributed by atoms with van der Waals surface area (Å²) >= 11 is 4.16. The number of hydrogen-bond donors (Lipinski definition) is 1. The van der Waals surface area contributed by atoms with Crippen molar-refractivity contribution < 1.29 is 19.0 Å². The van der Waals surface area contributed by atoms with E-state index in [2.05, 4.69) is 15.9 Å². The predicted molar refractivity (Wildman–Crippen MR) is 101 cm³/mol. The first-order valence-corrected chi connectivity index (χ1v) is 9.74. The molecule has 0 aliphatic carbocycles. The van der Waals surface area contributed by atoms with Crippen molar-refractivity contribution in [1.82, 2.24) is 0 Å². The zero-order chi connectivity index (χ0) is 17.7. The number of thioether (sulfide) groups is 1. The fourth-order valence-electron chi connectivity index (χ4n) is 2.69. The molecule has 1 heterocycles. The third kappa shape index (κ3) is 5.05. The van der Waals surface area contributed by atoms with E-state index in [0.717, 1.165) is 22.9 Å². The van der Waals surface area contributed by atoms with Gasteiger partial charge in [0, 0.05) is 0 Å². The topological polar surface area (TPSA) is 38.7 Å². The van der Waals surface area contributed by atoms with E-state index in [1.807, 2.05) is 60.7 Å². The molecule has 25 heavy (non-hydrogen) atoms. The lowest BCUT2D eigenvalue weighted by molar-refractivity contribution is -0.0432. The minimum atomic E-state index is -1.64. The van der Waals surface area contributed by atoms with Gasteiger partial charge >= 0.3 is 0 Å². The van der Waals surface area contributed by atoms with Gasteiger partial charge in [0.05, 0.1) is 25.1 Å². The number of benzene rings is 2. The molecular formula is C19H20BrFO3S. The van der Waals surface area contributed by atoms with Crippen molar-refractivity contribution in [3.8, 4) is 0 Å². The normalized spacial score (nSPS) is 29.0. The van der Waals surface area contributed by atoms with E-state index in [0.29, 0.717) is 19.8 Å². The second-order valence-electron chi connectivity index (χ2n) is 5.93. The van der Waals surface area contributed by atoms with E-state index in [1.54, 1.807) is 0 Å². The van der Waals surface area contributed by atoms with Crippen LogP contribution in [-0.2, 0) is 22.7 Å². The minimum Gasteiger partial charge on any atom is -0.376 e. The van der Waals surface area contributed by atoms with Gasteiger partial charge < -0.3 is 14.6 Å². The molecule has 3 rings (SSSR count). The molecule has 4 atom stereocenters. The lowest BCUT2D eigenvalue weighted by atomic mass is 10.1. The Morgan fingerprint density at radius 3 is 2.16 bits per heavy atom. The highest BCUT2D eigenvalue weighted by Crippen LogP contribution is 2.49. The highest BCUT2D eigenvalue weighted by molar-refractivity contribution is 9.11. The van der Waals surface area contributed by atoms with Gasteiger partial charge in [-0.2, -0.15) is 0 Å². The molecule has 1 fully saturated rings. The molecule has 0 aromatic heterocycles. The number of aliphatic hydroxyl groups is 1. The molecule has 0 radical (unpaired) electrons. The summed E-state index contributed by atoms with van der Waals surface area (Å²) < 4.78 is 24.4. The number of alkyl halides is 2. The van der Waals surface area contributed by atoms with E-state index in [-0.39, 0.29) is 5.25 Å². The maximum Gasteiger partial charge on any atom is 0.201 e. The zero-order valence-electron chi connectivity index (χ0n) is 13.6. The van der Waals surface area contributed by atoms with E-state index >= 15 is 0 Å². The van der Waals surface area contributed by atoms with Crippen LogP contribution >= 0.6 is 27.7 Å². The molecule has 0 spiro atoms. The minimum absolute atomic E-state index is 0.296. The summed E-state index contributed by atoms with van der Waals surface area (Å²) in [6.45, 7) is 1.04. The monoisotopic (exact) mass is 426 g/mol. The number of rotatable bonds is 7. The molecule has 1 saturated heterocycles. The molecule has 134 valence electrons. The Balaban J connectivity index is 1.57. The van der Waals surface area contributed by atoms with E-state index in [4.69, 9.17) is 9.47 Å². The molecular weight excluding hydrogens is 407 g/mol. The third-order valence-electron chi connectivity index (χ3n) is 3.99. The fraction of sp³-hybridized carbons (Fsp3) is 0.368. The molecule has 3 nitrogen and oxygen atoms in total. The van der Waals surface area contributed by atoms with Crippen LogP contribution in [0.15, 0.2) is 60.7 Å². The summed E-state index contributed by atoms with van der Waals surface area (Å²) in [6.07, 6.45) is -2.28. The molecule has 2 aromatic rings. The molecule has 1 N–H and O–H groups in total. The first kappa shape index (κ1) is 18.9. The first-order chi connectivity index (χ1) is 12.1. The van der Waals surface area contributed by atoms with E-state index in [9.17, 15) is 9.50 Å². The Morgan fingerprint density at radius 1 is 1.00 bits per heavy atom. The summed E-state index contributed by atoms with van der Waals surface area (Å²) in [4.78, 5) is 0. The van der Waals surface area contributed by atoms with E-state index in [1.165, 1.54) is 0 Å². The highest BCUT2D eigenvalue weighted by Gasteiger charge is 2.54. The van der Waals surface area contributed by atoms with Gasteiger partial charge in [-0.25, -0.2) is 4.39 Å². The summed E-state index contributed by atoms with van der Waals surface area (Å²) in [6, 6.07) is 19.4. The van der Waals surface area contributed by atoms with Crippen LogP contribution in [0.5, 0.6) is 0 Å². The van der Waals surface area contributed by atoms with Crippen LogP contribution < -0.4 is 0 Å². The first-order valence-electron chi connectivity index (χ1n) is 8.06. The van der Waals surface area contributed by atoms with Gasteiger partial charge in [0.2, 0.25) is 3.84 Å². The fourth-order valence-corrected chi connectivity index (χ4v) is 4.87. The van der Waals surface area contributed by atoms with Crippen molar-refractivity contribution in [3.05, 3.63) is 71.8 Å². The molecule has 0 amide bonds. The van der Waals surface area contributed by atoms with Gasteiger partial charge in [-0.1, -0.05) is 60.7 Å². The van der Waals surface area contributed by atoms with Crippen molar-refractivity contribution in [2.24, 2.45) is 0 Å². The van der Waals surface area contributed by atoms with Crippen LogP contribution in [0.2, 0.25) is 0 Å². The van der Waals surface area contributed by atoms with Crippen molar-refractivity contribution in [2.45, 2.75) is 34.6 Å². The van der Waals surface area contributed by atoms with Crippen LogP contribution in [0.25, 0.3) is 0 Å². The Labute approximate surface area is 159 Å². The number of hydrogen-bond acceptors (Lipinski definition) is 4. The predicted octanol–water partition coefficient (Wildman–Crippen LogP) is 4.28. The molecule has 1 aliphatic rings. The van der Waals surface area contributed by atoms with Crippen LogP contribution in [-0.4, -0.2) is 33.1 Å². The molecule has 1 unspecified atom stereocenters. The van der Waals surface area contributed by atoms with Crippen LogP contribution in [0, 0.1) is 0 Å². The Kier molecular flexibility index (Phi) is 6.52. The average molecular weight is 427 g/mol. The Hall–Kier alpha value is -0.920. The van der Waals surface area contributed by atoms with Crippen molar-refractivity contribution in [2.75, 3.05) is 6.61 Å². The van der Waals surface area contributed by atoms with Gasteiger partial charge in [-0.15, -0.1) is 11.8 Å². The average Bonchev–Trinajstić information content (AvgIpc) is 2.84. The van der Waals surface area contributed by atoms with Gasteiger partial charge in [0.1, 0.15) is 6.10 Å². The quantitative estimate of drug-likeness (QED) is 0.670.